The second kappa shape index (κ2) is 5.84. The summed E-state index contributed by atoms with van der Waals surface area (Å²) in [7, 11) is 0. The SMILES string of the molecule is CC(Cc1ccccc1)n1c(=S)[nH]c2cc(Cl)c(Cl)cc21. The minimum absolute atomic E-state index is 0.228. The zero-order chi connectivity index (χ0) is 15.0. The van der Waals surface area contributed by atoms with Crippen molar-refractivity contribution >= 4 is 46.5 Å². The van der Waals surface area contributed by atoms with Crippen molar-refractivity contribution in [3.8, 4) is 0 Å². The summed E-state index contributed by atoms with van der Waals surface area (Å²) in [6.07, 6.45) is 0.905. The van der Waals surface area contributed by atoms with Gasteiger partial charge in [0.05, 0.1) is 21.1 Å². The fourth-order valence-corrected chi connectivity index (χ4v) is 3.31. The first-order valence-electron chi connectivity index (χ1n) is 6.69. The maximum atomic E-state index is 6.14. The van der Waals surface area contributed by atoms with E-state index in [1.807, 2.05) is 30.3 Å². The summed E-state index contributed by atoms with van der Waals surface area (Å²) in [6.45, 7) is 2.15. The van der Waals surface area contributed by atoms with Crippen LogP contribution in [0.4, 0.5) is 0 Å². The van der Waals surface area contributed by atoms with Crippen LogP contribution in [0.15, 0.2) is 42.5 Å². The standard InChI is InChI=1S/C16H14Cl2N2S/c1-10(7-11-5-3-2-4-6-11)20-15-9-13(18)12(17)8-14(15)19-16(20)21/h2-6,8-10H,7H2,1H3,(H,19,21). The van der Waals surface area contributed by atoms with Gasteiger partial charge in [0.15, 0.2) is 4.77 Å². The molecule has 0 aliphatic rings. The van der Waals surface area contributed by atoms with E-state index >= 15 is 0 Å². The predicted molar refractivity (Wildman–Crippen MR) is 92.0 cm³/mol. The van der Waals surface area contributed by atoms with Crippen LogP contribution in [0.2, 0.25) is 10.0 Å². The van der Waals surface area contributed by atoms with Crippen molar-refractivity contribution in [3.63, 3.8) is 0 Å². The quantitative estimate of drug-likeness (QED) is 0.598. The predicted octanol–water partition coefficient (Wildman–Crippen LogP) is 5.81. The maximum absolute atomic E-state index is 6.14. The lowest BCUT2D eigenvalue weighted by molar-refractivity contribution is 0.553. The molecule has 1 unspecified atom stereocenters. The summed E-state index contributed by atoms with van der Waals surface area (Å²) in [5.41, 5.74) is 3.17. The zero-order valence-electron chi connectivity index (χ0n) is 11.4. The number of rotatable bonds is 3. The van der Waals surface area contributed by atoms with Gasteiger partial charge in [-0.1, -0.05) is 53.5 Å². The molecule has 0 bridgehead atoms. The average molecular weight is 337 g/mol. The summed E-state index contributed by atoms with van der Waals surface area (Å²) < 4.78 is 2.78. The Morgan fingerprint density at radius 1 is 1.14 bits per heavy atom. The normalized spacial score (nSPS) is 12.7. The summed E-state index contributed by atoms with van der Waals surface area (Å²) in [4.78, 5) is 3.20. The average Bonchev–Trinajstić information content (AvgIpc) is 2.75. The van der Waals surface area contributed by atoms with E-state index in [9.17, 15) is 0 Å². The van der Waals surface area contributed by atoms with Crippen LogP contribution in [-0.4, -0.2) is 9.55 Å². The fraction of sp³-hybridized carbons (Fsp3) is 0.188. The van der Waals surface area contributed by atoms with E-state index in [2.05, 4.69) is 28.6 Å². The third-order valence-electron chi connectivity index (χ3n) is 3.57. The van der Waals surface area contributed by atoms with Crippen molar-refractivity contribution in [2.24, 2.45) is 0 Å². The molecule has 0 aliphatic heterocycles. The Morgan fingerprint density at radius 2 is 1.81 bits per heavy atom. The molecule has 0 aliphatic carbocycles. The largest absolute Gasteiger partial charge is 0.331 e. The number of imidazole rings is 1. The van der Waals surface area contributed by atoms with Crippen LogP contribution in [0.25, 0.3) is 11.0 Å². The molecule has 108 valence electrons. The van der Waals surface area contributed by atoms with Gasteiger partial charge in [-0.05, 0) is 43.3 Å². The van der Waals surface area contributed by atoms with Gasteiger partial charge in [0.1, 0.15) is 0 Å². The Labute approximate surface area is 138 Å². The van der Waals surface area contributed by atoms with Crippen LogP contribution in [0.1, 0.15) is 18.5 Å². The van der Waals surface area contributed by atoms with Crippen LogP contribution in [0, 0.1) is 4.77 Å². The lowest BCUT2D eigenvalue weighted by Gasteiger charge is -2.15. The third-order valence-corrected chi connectivity index (χ3v) is 4.59. The molecule has 1 aromatic heterocycles. The van der Waals surface area contributed by atoms with E-state index in [0.717, 1.165) is 17.5 Å². The van der Waals surface area contributed by atoms with Crippen LogP contribution in [0.3, 0.4) is 0 Å². The Bertz CT molecular complexity index is 837. The van der Waals surface area contributed by atoms with Crippen molar-refractivity contribution in [3.05, 3.63) is 62.8 Å². The molecule has 1 N–H and O–H groups in total. The molecule has 0 saturated heterocycles. The first-order valence-corrected chi connectivity index (χ1v) is 7.86. The Balaban J connectivity index is 2.05. The van der Waals surface area contributed by atoms with Crippen molar-refractivity contribution in [2.75, 3.05) is 0 Å². The summed E-state index contributed by atoms with van der Waals surface area (Å²) >= 11 is 17.7. The van der Waals surface area contributed by atoms with Gasteiger partial charge in [0, 0.05) is 6.04 Å². The molecule has 1 heterocycles. The minimum Gasteiger partial charge on any atom is -0.331 e. The van der Waals surface area contributed by atoms with Crippen LogP contribution < -0.4 is 0 Å². The van der Waals surface area contributed by atoms with E-state index in [0.29, 0.717) is 14.8 Å². The van der Waals surface area contributed by atoms with Gasteiger partial charge < -0.3 is 9.55 Å². The van der Waals surface area contributed by atoms with Crippen molar-refractivity contribution < 1.29 is 0 Å². The lowest BCUT2D eigenvalue weighted by atomic mass is 10.1. The second-order valence-electron chi connectivity index (χ2n) is 5.12. The molecule has 2 nitrogen and oxygen atoms in total. The lowest BCUT2D eigenvalue weighted by Crippen LogP contribution is -2.08. The number of nitrogens with one attached hydrogen (secondary N) is 1. The number of aromatic amines is 1. The smallest absolute Gasteiger partial charge is 0.178 e. The number of nitrogens with zero attached hydrogens (tertiary/aromatic N) is 1. The first-order chi connectivity index (χ1) is 10.1. The number of H-pyrrole nitrogens is 1. The van der Waals surface area contributed by atoms with Gasteiger partial charge in [0.2, 0.25) is 0 Å². The molecule has 3 aromatic rings. The highest BCUT2D eigenvalue weighted by Crippen LogP contribution is 2.29. The highest BCUT2D eigenvalue weighted by atomic mass is 35.5. The second-order valence-corrected chi connectivity index (χ2v) is 6.32. The van der Waals surface area contributed by atoms with E-state index < -0.39 is 0 Å². The number of hydrogen-bond donors (Lipinski definition) is 1. The highest BCUT2D eigenvalue weighted by Gasteiger charge is 2.13. The number of halogens is 2. The summed E-state index contributed by atoms with van der Waals surface area (Å²) in [5.74, 6) is 0. The minimum atomic E-state index is 0.228. The van der Waals surface area contributed by atoms with Gasteiger partial charge in [-0.15, -0.1) is 0 Å². The van der Waals surface area contributed by atoms with E-state index in [-0.39, 0.29) is 6.04 Å². The molecule has 0 radical (unpaired) electrons. The molecule has 0 saturated carbocycles. The first kappa shape index (κ1) is 14.6. The third kappa shape index (κ3) is 2.86. The Kier molecular flexibility index (Phi) is 4.07. The van der Waals surface area contributed by atoms with Crippen molar-refractivity contribution in [1.29, 1.82) is 0 Å². The monoisotopic (exact) mass is 336 g/mol. The maximum Gasteiger partial charge on any atom is 0.178 e. The van der Waals surface area contributed by atoms with Crippen LogP contribution >= 0.6 is 35.4 Å². The molecular formula is C16H14Cl2N2S. The topological polar surface area (TPSA) is 20.7 Å². The molecule has 0 amide bonds. The van der Waals surface area contributed by atoms with Crippen molar-refractivity contribution in [2.45, 2.75) is 19.4 Å². The molecule has 21 heavy (non-hydrogen) atoms. The molecule has 0 fully saturated rings. The number of hydrogen-bond acceptors (Lipinski definition) is 1. The molecule has 2 aromatic carbocycles. The Morgan fingerprint density at radius 3 is 2.52 bits per heavy atom. The fourth-order valence-electron chi connectivity index (χ4n) is 2.60. The number of aromatic nitrogens is 2. The van der Waals surface area contributed by atoms with Gasteiger partial charge in [0.25, 0.3) is 0 Å². The van der Waals surface area contributed by atoms with Gasteiger partial charge in [-0.25, -0.2) is 0 Å². The number of benzene rings is 2. The molecule has 3 rings (SSSR count). The van der Waals surface area contributed by atoms with E-state index in [1.54, 1.807) is 0 Å². The molecule has 0 spiro atoms. The van der Waals surface area contributed by atoms with Crippen LogP contribution in [-0.2, 0) is 6.42 Å². The molecule has 1 atom stereocenters. The van der Waals surface area contributed by atoms with Gasteiger partial charge >= 0.3 is 0 Å². The van der Waals surface area contributed by atoms with Gasteiger partial charge in [-0.2, -0.15) is 0 Å². The summed E-state index contributed by atoms with van der Waals surface area (Å²) in [5, 5.41) is 1.07. The highest BCUT2D eigenvalue weighted by molar-refractivity contribution is 7.71. The molecule has 5 heteroatoms. The summed E-state index contributed by atoms with van der Waals surface area (Å²) in [6, 6.07) is 14.3. The number of fused-ring (bicyclic) bond motifs is 1. The Hall–Kier alpha value is -1.29. The zero-order valence-corrected chi connectivity index (χ0v) is 13.8. The molecular weight excluding hydrogens is 323 g/mol. The van der Waals surface area contributed by atoms with E-state index in [4.69, 9.17) is 35.4 Å². The van der Waals surface area contributed by atoms with Gasteiger partial charge in [-0.3, -0.25) is 0 Å². The van der Waals surface area contributed by atoms with Crippen molar-refractivity contribution in [1.82, 2.24) is 9.55 Å². The van der Waals surface area contributed by atoms with Crippen LogP contribution in [0.5, 0.6) is 0 Å². The van der Waals surface area contributed by atoms with E-state index in [1.165, 1.54) is 5.56 Å².